The Morgan fingerprint density at radius 3 is 2.47 bits per heavy atom. The van der Waals surface area contributed by atoms with Crippen molar-refractivity contribution in [2.24, 2.45) is 0 Å². The van der Waals surface area contributed by atoms with Gasteiger partial charge in [-0.3, -0.25) is 14.5 Å². The molecular weight excluding hydrogens is 667 g/mol. The third kappa shape index (κ3) is 6.87. The first-order valence-electron chi connectivity index (χ1n) is 12.3. The highest BCUT2D eigenvalue weighted by molar-refractivity contribution is 7.92. The number of carboxylic acids is 1. The predicted molar refractivity (Wildman–Crippen MR) is 158 cm³/mol. The monoisotopic (exact) mass is 684 g/mol. The number of ether oxygens (including phenoxy) is 3. The number of fused-ring (bicyclic) bond motifs is 1. The summed E-state index contributed by atoms with van der Waals surface area (Å²) >= 11 is 17.7. The number of β-lactam (4-membered cyclic amide) rings is 1. The highest BCUT2D eigenvalue weighted by Gasteiger charge is 2.61. The van der Waals surface area contributed by atoms with Gasteiger partial charge in [0.05, 0.1) is 11.4 Å². The van der Waals surface area contributed by atoms with Crippen molar-refractivity contribution < 1.29 is 43.0 Å². The van der Waals surface area contributed by atoms with Crippen molar-refractivity contribution in [2.75, 3.05) is 12.4 Å². The largest absolute Gasteiger partial charge is 0.614 e. The van der Waals surface area contributed by atoms with Gasteiger partial charge in [0, 0.05) is 26.6 Å². The molecule has 0 aliphatic carbocycles. The number of benzene rings is 2. The summed E-state index contributed by atoms with van der Waals surface area (Å²) in [5.74, 6) is -2.88. The number of hydrogen-bond donors (Lipinski definition) is 2. The van der Waals surface area contributed by atoms with Crippen LogP contribution < -0.4 is 14.8 Å². The Labute approximate surface area is 266 Å². The molecule has 2 aliphatic rings. The summed E-state index contributed by atoms with van der Waals surface area (Å²) < 4.78 is 29.2. The van der Waals surface area contributed by atoms with Gasteiger partial charge in [0.2, 0.25) is 11.3 Å². The predicted octanol–water partition coefficient (Wildman–Crippen LogP) is 5.01. The number of aliphatic carboxylic acids is 1. The van der Waals surface area contributed by atoms with Gasteiger partial charge in [-0.25, -0.2) is 9.59 Å². The van der Waals surface area contributed by atoms with Crippen LogP contribution in [0.4, 0.5) is 4.79 Å². The van der Waals surface area contributed by atoms with E-state index in [4.69, 9.17) is 49.0 Å². The van der Waals surface area contributed by atoms with Crippen molar-refractivity contribution in [1.82, 2.24) is 10.2 Å². The third-order valence-corrected chi connectivity index (χ3v) is 9.51. The SMILES string of the molecule is O=C(Cc1cccs1)NC1C(=O)N2C(C(=O)O)=C(COC(=O)Oc3cc(Cl)ccc3Oc3ccc(Cl)cc3Cl)C[S+]([O-])[C@@H]12. The number of amides is 2. The fourth-order valence-electron chi connectivity index (χ4n) is 4.35. The molecule has 3 heterocycles. The number of carbonyl (C=O) groups is 4. The minimum absolute atomic E-state index is 0.0236. The van der Waals surface area contributed by atoms with Crippen molar-refractivity contribution >= 4 is 81.3 Å². The summed E-state index contributed by atoms with van der Waals surface area (Å²) in [6, 6.07) is 11.1. The molecule has 5 rings (SSSR count). The van der Waals surface area contributed by atoms with E-state index in [1.54, 1.807) is 23.6 Å². The normalized spacial score (nSPS) is 19.3. The maximum Gasteiger partial charge on any atom is 0.514 e. The van der Waals surface area contributed by atoms with E-state index in [-0.39, 0.29) is 45.0 Å². The number of thiophene rings is 1. The Morgan fingerprint density at radius 1 is 1.07 bits per heavy atom. The molecule has 3 aromatic rings. The molecule has 1 fully saturated rings. The first-order chi connectivity index (χ1) is 20.5. The average molecular weight is 686 g/mol. The third-order valence-electron chi connectivity index (χ3n) is 6.22. The molecule has 2 aliphatic heterocycles. The van der Waals surface area contributed by atoms with Crippen LogP contribution in [0.5, 0.6) is 17.2 Å². The number of halogens is 3. The van der Waals surface area contributed by atoms with E-state index in [0.29, 0.717) is 5.02 Å². The quantitative estimate of drug-likeness (QED) is 0.137. The number of nitrogens with one attached hydrogen (secondary N) is 1. The van der Waals surface area contributed by atoms with E-state index in [1.165, 1.54) is 41.7 Å². The highest BCUT2D eigenvalue weighted by atomic mass is 35.5. The minimum Gasteiger partial charge on any atom is -0.614 e. The smallest absolute Gasteiger partial charge is 0.514 e. The Balaban J connectivity index is 1.26. The summed E-state index contributed by atoms with van der Waals surface area (Å²) in [7, 11) is 0. The lowest BCUT2D eigenvalue weighted by Crippen LogP contribution is -2.75. The first-order valence-corrected chi connectivity index (χ1v) is 15.7. The van der Waals surface area contributed by atoms with Crippen molar-refractivity contribution in [3.8, 4) is 17.2 Å². The van der Waals surface area contributed by atoms with E-state index in [9.17, 15) is 28.8 Å². The Kier molecular flexibility index (Phi) is 9.39. The summed E-state index contributed by atoms with van der Waals surface area (Å²) in [6.07, 6.45) is -1.23. The zero-order chi connectivity index (χ0) is 30.8. The van der Waals surface area contributed by atoms with Gasteiger partial charge in [0.1, 0.15) is 23.8 Å². The van der Waals surface area contributed by atoms with E-state index in [2.05, 4.69) is 5.32 Å². The van der Waals surface area contributed by atoms with Gasteiger partial charge in [0.15, 0.2) is 17.5 Å². The average Bonchev–Trinajstić information content (AvgIpc) is 3.45. The Hall–Kier alpha value is -3.46. The Bertz CT molecular complexity index is 1630. The van der Waals surface area contributed by atoms with Crippen LogP contribution in [0.2, 0.25) is 15.1 Å². The van der Waals surface area contributed by atoms with Crippen molar-refractivity contribution in [3.63, 3.8) is 0 Å². The van der Waals surface area contributed by atoms with Crippen molar-refractivity contribution in [1.29, 1.82) is 0 Å². The fraction of sp³-hybridized carbons (Fsp3) is 0.185. The second-order valence-electron chi connectivity index (χ2n) is 9.09. The van der Waals surface area contributed by atoms with Crippen LogP contribution in [0, 0.1) is 0 Å². The molecule has 2 amide bonds. The van der Waals surface area contributed by atoms with Gasteiger partial charge in [-0.2, -0.15) is 0 Å². The topological polar surface area (TPSA) is 155 Å². The number of carbonyl (C=O) groups excluding carboxylic acids is 3. The molecule has 16 heteroatoms. The minimum atomic E-state index is -1.81. The fourth-order valence-corrected chi connectivity index (χ4v) is 7.33. The van der Waals surface area contributed by atoms with Crippen LogP contribution in [-0.4, -0.2) is 62.3 Å². The van der Waals surface area contributed by atoms with E-state index in [1.807, 2.05) is 0 Å². The summed E-state index contributed by atoms with van der Waals surface area (Å²) in [5, 5.41) is 13.9. The molecule has 0 radical (unpaired) electrons. The molecule has 11 nitrogen and oxygen atoms in total. The molecule has 1 saturated heterocycles. The van der Waals surface area contributed by atoms with E-state index < -0.39 is 58.8 Å². The molecule has 3 atom stereocenters. The van der Waals surface area contributed by atoms with Crippen LogP contribution in [-0.2, 0) is 36.7 Å². The lowest BCUT2D eigenvalue weighted by atomic mass is 10.0. The lowest BCUT2D eigenvalue weighted by Gasteiger charge is -2.48. The molecule has 224 valence electrons. The standard InChI is InChI=1S/C27H19Cl3N2O9S2/c28-14-3-5-18(17(30)8-14)40-19-6-4-15(29)9-20(19)41-27(37)39-11-13-12-43(38)25-22(24(34)32(25)23(13)26(35)36)31-21(33)10-16-2-1-7-42-16/h1-9,22,25H,10-12H2,(H,31,33)(H,35,36)/t22?,25-,43?/m0/s1. The molecular formula is C27H19Cl3N2O9S2. The van der Waals surface area contributed by atoms with Gasteiger partial charge < -0.3 is 29.2 Å². The van der Waals surface area contributed by atoms with Crippen LogP contribution >= 0.6 is 46.1 Å². The lowest BCUT2D eigenvalue weighted by molar-refractivity contribution is -0.151. The maximum atomic E-state index is 13.0. The maximum absolute atomic E-state index is 13.0. The summed E-state index contributed by atoms with van der Waals surface area (Å²) in [4.78, 5) is 51.7. The second kappa shape index (κ2) is 13.0. The van der Waals surface area contributed by atoms with Crippen LogP contribution in [0.25, 0.3) is 0 Å². The number of hydrogen-bond acceptors (Lipinski definition) is 9. The molecule has 2 aromatic carbocycles. The summed E-state index contributed by atoms with van der Waals surface area (Å²) in [6.45, 7) is -0.641. The van der Waals surface area contributed by atoms with Crippen molar-refractivity contribution in [3.05, 3.63) is 85.1 Å². The van der Waals surface area contributed by atoms with Gasteiger partial charge in [-0.1, -0.05) is 40.9 Å². The van der Waals surface area contributed by atoms with E-state index >= 15 is 0 Å². The van der Waals surface area contributed by atoms with Crippen LogP contribution in [0.1, 0.15) is 4.88 Å². The molecule has 1 aromatic heterocycles. The highest BCUT2D eigenvalue weighted by Crippen LogP contribution is 2.39. The Morgan fingerprint density at radius 2 is 1.79 bits per heavy atom. The zero-order valence-corrected chi connectivity index (χ0v) is 25.5. The van der Waals surface area contributed by atoms with Gasteiger partial charge in [-0.05, 0) is 53.0 Å². The molecule has 0 spiro atoms. The van der Waals surface area contributed by atoms with Gasteiger partial charge in [-0.15, -0.1) is 11.3 Å². The van der Waals surface area contributed by atoms with Crippen molar-refractivity contribution in [2.45, 2.75) is 17.8 Å². The molecule has 0 bridgehead atoms. The molecule has 2 N–H and O–H groups in total. The molecule has 43 heavy (non-hydrogen) atoms. The van der Waals surface area contributed by atoms with Gasteiger partial charge in [0.25, 0.3) is 5.91 Å². The number of nitrogens with zero attached hydrogens (tertiary/aromatic N) is 1. The van der Waals surface area contributed by atoms with Gasteiger partial charge >= 0.3 is 12.1 Å². The first kappa shape index (κ1) is 31.0. The summed E-state index contributed by atoms with van der Waals surface area (Å²) in [5.41, 5.74) is -0.554. The van der Waals surface area contributed by atoms with Crippen LogP contribution in [0.3, 0.4) is 0 Å². The molecule has 0 saturated carbocycles. The zero-order valence-electron chi connectivity index (χ0n) is 21.6. The second-order valence-corrected chi connectivity index (χ2v) is 12.9. The number of rotatable bonds is 9. The number of carboxylic acid groups (broad SMARTS) is 1. The molecule has 2 unspecified atom stereocenters. The van der Waals surface area contributed by atoms with Crippen LogP contribution in [0.15, 0.2) is 65.2 Å². The van der Waals surface area contributed by atoms with E-state index in [0.717, 1.165) is 9.78 Å².